The van der Waals surface area contributed by atoms with E-state index in [-0.39, 0.29) is 24.0 Å². The lowest BCUT2D eigenvalue weighted by Gasteiger charge is -2.22. The average molecular weight is 509 g/mol. The molecule has 0 atom stereocenters. The Morgan fingerprint density at radius 2 is 2.07 bits per heavy atom. The molecule has 0 aliphatic rings. The molecule has 7 nitrogen and oxygen atoms in total. The molecule has 0 spiro atoms. The summed E-state index contributed by atoms with van der Waals surface area (Å²) in [5.74, 6) is 1.27. The lowest BCUT2D eigenvalue weighted by atomic mass is 10.1. The van der Waals surface area contributed by atoms with Crippen LogP contribution in [0, 0.1) is 6.92 Å². The van der Waals surface area contributed by atoms with Gasteiger partial charge in [0.25, 0.3) is 0 Å². The molecule has 0 radical (unpaired) electrons. The Morgan fingerprint density at radius 1 is 1.31 bits per heavy atom. The van der Waals surface area contributed by atoms with Crippen LogP contribution in [0.4, 0.5) is 0 Å². The molecule has 0 bridgehead atoms. The predicted octanol–water partition coefficient (Wildman–Crippen LogP) is 3.37. The number of pyridine rings is 1. The molecule has 29 heavy (non-hydrogen) atoms. The smallest absolute Gasteiger partial charge is 0.193 e. The Hall–Kier alpha value is -2.10. The van der Waals surface area contributed by atoms with Gasteiger partial charge in [-0.1, -0.05) is 19.9 Å². The van der Waals surface area contributed by atoms with E-state index < -0.39 is 0 Å². The maximum atomic E-state index is 4.74. The number of hydrogen-bond acceptors (Lipinski definition) is 3. The molecule has 158 valence electrons. The van der Waals surface area contributed by atoms with E-state index in [1.54, 1.807) is 0 Å². The van der Waals surface area contributed by atoms with Gasteiger partial charge in [0, 0.05) is 64.8 Å². The Bertz CT molecular complexity index is 971. The van der Waals surface area contributed by atoms with E-state index in [0.29, 0.717) is 5.92 Å². The number of imidazole rings is 1. The molecule has 0 amide bonds. The van der Waals surface area contributed by atoms with E-state index in [2.05, 4.69) is 71.0 Å². The number of guanidine groups is 1. The van der Waals surface area contributed by atoms with Crippen molar-refractivity contribution in [2.24, 2.45) is 12.0 Å². The van der Waals surface area contributed by atoms with Gasteiger partial charge in [-0.25, -0.2) is 4.98 Å². The molecule has 3 rings (SSSR count). The van der Waals surface area contributed by atoms with Crippen molar-refractivity contribution in [3.05, 3.63) is 53.2 Å². The summed E-state index contributed by atoms with van der Waals surface area (Å²) < 4.78 is 3.97. The van der Waals surface area contributed by atoms with Crippen molar-refractivity contribution < 1.29 is 0 Å². The summed E-state index contributed by atoms with van der Waals surface area (Å²) in [7, 11) is 5.85. The molecule has 3 aromatic rings. The second-order valence-electron chi connectivity index (χ2n) is 7.60. The highest BCUT2D eigenvalue weighted by Crippen LogP contribution is 2.18. The first-order valence-electron chi connectivity index (χ1n) is 9.76. The molecule has 0 fully saturated rings. The maximum absolute atomic E-state index is 4.74. The highest BCUT2D eigenvalue weighted by Gasteiger charge is 2.15. The van der Waals surface area contributed by atoms with E-state index in [4.69, 9.17) is 4.98 Å². The first-order chi connectivity index (χ1) is 13.4. The third kappa shape index (κ3) is 5.49. The van der Waals surface area contributed by atoms with E-state index >= 15 is 0 Å². The van der Waals surface area contributed by atoms with Crippen LogP contribution in [-0.4, -0.2) is 50.7 Å². The minimum absolute atomic E-state index is 0. The second kappa shape index (κ2) is 10.1. The van der Waals surface area contributed by atoms with E-state index in [1.165, 1.54) is 11.1 Å². The molecule has 0 saturated heterocycles. The van der Waals surface area contributed by atoms with Crippen LogP contribution in [0.25, 0.3) is 5.65 Å². The fraction of sp³-hybridized carbons (Fsp3) is 0.476. The highest BCUT2D eigenvalue weighted by molar-refractivity contribution is 14.0. The maximum Gasteiger partial charge on any atom is 0.193 e. The number of aromatic nitrogens is 4. The van der Waals surface area contributed by atoms with Crippen LogP contribution in [0.15, 0.2) is 35.7 Å². The third-order valence-electron chi connectivity index (χ3n) is 4.86. The van der Waals surface area contributed by atoms with Gasteiger partial charge in [0.15, 0.2) is 5.96 Å². The molecule has 0 aliphatic carbocycles. The van der Waals surface area contributed by atoms with Gasteiger partial charge >= 0.3 is 0 Å². The standard InChI is InChI=1S/C21H31N7.HI/c1-15(2)19-17(13-27(6)25-19)12-26(5)21(22-4)23-10-9-18-14-28-11-7-8-16(3)20(28)24-18;/h7-8,11,13-15H,9-10,12H2,1-6H3,(H,22,23);1H. The van der Waals surface area contributed by atoms with E-state index in [1.807, 2.05) is 31.0 Å². The summed E-state index contributed by atoms with van der Waals surface area (Å²) in [4.78, 5) is 11.3. The van der Waals surface area contributed by atoms with E-state index in [9.17, 15) is 0 Å². The van der Waals surface area contributed by atoms with Crippen molar-refractivity contribution in [1.29, 1.82) is 0 Å². The molecule has 8 heteroatoms. The average Bonchev–Trinajstić information content (AvgIpc) is 3.22. The third-order valence-corrected chi connectivity index (χ3v) is 4.86. The Labute approximate surface area is 190 Å². The van der Waals surface area contributed by atoms with Gasteiger partial charge in [0.2, 0.25) is 0 Å². The van der Waals surface area contributed by atoms with Gasteiger partial charge in [-0.3, -0.25) is 9.67 Å². The monoisotopic (exact) mass is 509 g/mol. The van der Waals surface area contributed by atoms with Crippen molar-refractivity contribution >= 4 is 35.6 Å². The zero-order valence-electron chi connectivity index (χ0n) is 18.2. The van der Waals surface area contributed by atoms with Crippen LogP contribution in [0.1, 0.15) is 42.3 Å². The van der Waals surface area contributed by atoms with Crippen molar-refractivity contribution in [3.63, 3.8) is 0 Å². The first-order valence-corrected chi connectivity index (χ1v) is 9.76. The normalized spacial score (nSPS) is 11.8. The molecule has 0 aromatic carbocycles. The Balaban J connectivity index is 0.00000300. The van der Waals surface area contributed by atoms with Crippen molar-refractivity contribution in [2.75, 3.05) is 20.6 Å². The molecular weight excluding hydrogens is 477 g/mol. The van der Waals surface area contributed by atoms with Crippen LogP contribution in [0.3, 0.4) is 0 Å². The SMILES string of the molecule is CN=C(NCCc1cn2cccc(C)c2n1)N(C)Cc1cn(C)nc1C(C)C.I. The number of hydrogen-bond donors (Lipinski definition) is 1. The molecular formula is C21H32IN7. The summed E-state index contributed by atoms with van der Waals surface area (Å²) in [6.07, 6.45) is 7.08. The molecule has 1 N–H and O–H groups in total. The van der Waals surface area contributed by atoms with Gasteiger partial charge in [-0.2, -0.15) is 5.10 Å². The molecule has 0 saturated carbocycles. The van der Waals surface area contributed by atoms with Crippen LogP contribution < -0.4 is 5.32 Å². The number of aryl methyl sites for hydroxylation is 2. The molecule has 0 unspecified atom stereocenters. The summed E-state index contributed by atoms with van der Waals surface area (Å²) in [6, 6.07) is 4.14. The van der Waals surface area contributed by atoms with Crippen molar-refractivity contribution in [2.45, 2.75) is 39.7 Å². The topological polar surface area (TPSA) is 62.8 Å². The summed E-state index contributed by atoms with van der Waals surface area (Å²) in [6.45, 7) is 7.99. The number of aliphatic imine (C=N–C) groups is 1. The number of nitrogens with one attached hydrogen (secondary N) is 1. The van der Waals surface area contributed by atoms with Gasteiger partial charge in [0.05, 0.1) is 11.4 Å². The van der Waals surface area contributed by atoms with Crippen LogP contribution >= 0.6 is 24.0 Å². The predicted molar refractivity (Wildman–Crippen MR) is 129 cm³/mol. The quantitative estimate of drug-likeness (QED) is 0.315. The first kappa shape index (κ1) is 23.2. The van der Waals surface area contributed by atoms with Crippen LogP contribution in [0.2, 0.25) is 0 Å². The van der Waals surface area contributed by atoms with Gasteiger partial charge < -0.3 is 14.6 Å². The second-order valence-corrected chi connectivity index (χ2v) is 7.60. The minimum atomic E-state index is 0. The molecule has 0 aliphatic heterocycles. The Kier molecular flexibility index (Phi) is 8.06. The molecule has 3 aromatic heterocycles. The van der Waals surface area contributed by atoms with Crippen molar-refractivity contribution in [1.82, 2.24) is 29.4 Å². The summed E-state index contributed by atoms with van der Waals surface area (Å²) >= 11 is 0. The van der Waals surface area contributed by atoms with Crippen molar-refractivity contribution in [3.8, 4) is 0 Å². The summed E-state index contributed by atoms with van der Waals surface area (Å²) in [5, 5.41) is 8.05. The highest BCUT2D eigenvalue weighted by atomic mass is 127. The number of rotatable bonds is 6. The fourth-order valence-corrected chi connectivity index (χ4v) is 3.51. The number of halogens is 1. The largest absolute Gasteiger partial charge is 0.356 e. The minimum Gasteiger partial charge on any atom is -0.356 e. The number of nitrogens with zero attached hydrogens (tertiary/aromatic N) is 6. The van der Waals surface area contributed by atoms with Gasteiger partial charge in [-0.05, 0) is 24.5 Å². The van der Waals surface area contributed by atoms with Crippen LogP contribution in [0.5, 0.6) is 0 Å². The number of fused-ring (bicyclic) bond motifs is 1. The lowest BCUT2D eigenvalue weighted by Crippen LogP contribution is -2.39. The zero-order valence-corrected chi connectivity index (χ0v) is 20.5. The lowest BCUT2D eigenvalue weighted by molar-refractivity contribution is 0.473. The zero-order chi connectivity index (χ0) is 20.3. The Morgan fingerprint density at radius 3 is 2.72 bits per heavy atom. The fourth-order valence-electron chi connectivity index (χ4n) is 3.51. The van der Waals surface area contributed by atoms with E-state index in [0.717, 1.165) is 42.5 Å². The van der Waals surface area contributed by atoms with Gasteiger partial charge in [0.1, 0.15) is 5.65 Å². The molecule has 3 heterocycles. The summed E-state index contributed by atoms with van der Waals surface area (Å²) in [5.41, 5.74) is 5.67. The van der Waals surface area contributed by atoms with Gasteiger partial charge in [-0.15, -0.1) is 24.0 Å². The van der Waals surface area contributed by atoms with Crippen LogP contribution in [-0.2, 0) is 20.0 Å².